The highest BCUT2D eigenvalue weighted by Gasteiger charge is 2.49. The van der Waals surface area contributed by atoms with Gasteiger partial charge in [-0.2, -0.15) is 4.31 Å². The molecule has 0 aromatic heterocycles. The zero-order valence-electron chi connectivity index (χ0n) is 15.7. The minimum Gasteiger partial charge on any atom is -0.351 e. The number of hydrogen-bond acceptors (Lipinski definition) is 4. The Hall–Kier alpha value is -1.44. The Bertz CT molecular complexity index is 787. The summed E-state index contributed by atoms with van der Waals surface area (Å²) in [6, 6.07) is 6.94. The maximum absolute atomic E-state index is 12.9. The zero-order valence-corrected chi connectivity index (χ0v) is 16.6. The molecule has 0 unspecified atom stereocenters. The molecule has 1 amide bonds. The van der Waals surface area contributed by atoms with E-state index in [-0.39, 0.29) is 11.3 Å². The lowest BCUT2D eigenvalue weighted by Gasteiger charge is -2.37. The second-order valence-corrected chi connectivity index (χ2v) is 10.1. The summed E-state index contributed by atoms with van der Waals surface area (Å²) in [7, 11) is -3.38. The topological polar surface area (TPSA) is 78.5 Å². The van der Waals surface area contributed by atoms with E-state index in [1.807, 2.05) is 12.1 Å². The molecule has 2 saturated heterocycles. The Morgan fingerprint density at radius 3 is 2.63 bits per heavy atom. The predicted molar refractivity (Wildman–Crippen MR) is 104 cm³/mol. The normalized spacial score (nSPS) is 28.8. The van der Waals surface area contributed by atoms with E-state index in [2.05, 4.69) is 10.6 Å². The number of carbonyl (C=O) groups is 1. The van der Waals surface area contributed by atoms with Gasteiger partial charge in [-0.15, -0.1) is 0 Å². The number of sulfonamides is 1. The maximum Gasteiger partial charge on any atom is 0.243 e. The number of amides is 1. The first kappa shape index (κ1) is 18.9. The van der Waals surface area contributed by atoms with E-state index in [0.717, 1.165) is 50.8 Å². The van der Waals surface area contributed by atoms with E-state index in [9.17, 15) is 13.2 Å². The minimum atomic E-state index is -3.38. The standard InChI is InChI=1S/C20H29N3O3S/c24-19(20-10-2-1-5-17(20)14-21-15-20)22-13-16-6-8-18(9-7-16)27(25,26)23-11-3-4-12-23/h6-9,17,21H,1-5,10-15H2,(H,22,24)/t17-,20+/m0/s1. The third-order valence-electron chi connectivity index (χ3n) is 6.57. The first-order valence-electron chi connectivity index (χ1n) is 10.1. The Morgan fingerprint density at radius 2 is 1.89 bits per heavy atom. The average molecular weight is 392 g/mol. The summed E-state index contributed by atoms with van der Waals surface area (Å²) in [5, 5.41) is 6.51. The number of fused-ring (bicyclic) bond motifs is 1. The van der Waals surface area contributed by atoms with Crippen LogP contribution >= 0.6 is 0 Å². The van der Waals surface area contributed by atoms with Crippen molar-refractivity contribution in [1.82, 2.24) is 14.9 Å². The minimum absolute atomic E-state index is 0.144. The van der Waals surface area contributed by atoms with Crippen LogP contribution in [0.2, 0.25) is 0 Å². The largest absolute Gasteiger partial charge is 0.351 e. The predicted octanol–water partition coefficient (Wildman–Crippen LogP) is 1.87. The molecule has 2 N–H and O–H groups in total. The van der Waals surface area contributed by atoms with Crippen molar-refractivity contribution in [3.05, 3.63) is 29.8 Å². The van der Waals surface area contributed by atoms with Crippen molar-refractivity contribution in [2.45, 2.75) is 50.0 Å². The van der Waals surface area contributed by atoms with Crippen molar-refractivity contribution in [2.24, 2.45) is 11.3 Å². The van der Waals surface area contributed by atoms with E-state index >= 15 is 0 Å². The second-order valence-electron chi connectivity index (χ2n) is 8.17. The van der Waals surface area contributed by atoms with Crippen molar-refractivity contribution in [3.63, 3.8) is 0 Å². The molecule has 1 aromatic carbocycles. The average Bonchev–Trinajstić information content (AvgIpc) is 3.37. The van der Waals surface area contributed by atoms with Crippen LogP contribution < -0.4 is 10.6 Å². The van der Waals surface area contributed by atoms with E-state index in [0.29, 0.717) is 30.4 Å². The molecule has 2 aliphatic heterocycles. The van der Waals surface area contributed by atoms with Crippen LogP contribution in [-0.4, -0.2) is 44.8 Å². The molecule has 4 rings (SSSR count). The molecule has 1 saturated carbocycles. The van der Waals surface area contributed by atoms with Crippen LogP contribution in [0.4, 0.5) is 0 Å². The summed E-state index contributed by atoms with van der Waals surface area (Å²) in [5.41, 5.74) is 0.676. The van der Waals surface area contributed by atoms with E-state index in [1.54, 1.807) is 16.4 Å². The fourth-order valence-electron chi connectivity index (χ4n) is 4.91. The molecular formula is C20H29N3O3S. The number of hydrogen-bond donors (Lipinski definition) is 2. The molecule has 3 aliphatic rings. The van der Waals surface area contributed by atoms with Crippen LogP contribution in [0.1, 0.15) is 44.1 Å². The van der Waals surface area contributed by atoms with E-state index < -0.39 is 10.0 Å². The molecule has 0 radical (unpaired) electrons. The van der Waals surface area contributed by atoms with Gasteiger partial charge < -0.3 is 10.6 Å². The summed E-state index contributed by atoms with van der Waals surface area (Å²) >= 11 is 0. The van der Waals surface area contributed by atoms with Gasteiger partial charge in [0.25, 0.3) is 0 Å². The summed E-state index contributed by atoms with van der Waals surface area (Å²) in [6.07, 6.45) is 6.29. The van der Waals surface area contributed by atoms with E-state index in [4.69, 9.17) is 0 Å². The number of nitrogens with one attached hydrogen (secondary N) is 2. The van der Waals surface area contributed by atoms with Crippen LogP contribution in [0.25, 0.3) is 0 Å². The third-order valence-corrected chi connectivity index (χ3v) is 8.48. The molecule has 2 atom stereocenters. The molecule has 148 valence electrons. The molecule has 1 aromatic rings. The molecular weight excluding hydrogens is 362 g/mol. The van der Waals surface area contributed by atoms with Crippen molar-refractivity contribution in [2.75, 3.05) is 26.2 Å². The Labute approximate surface area is 161 Å². The fourth-order valence-corrected chi connectivity index (χ4v) is 6.42. The molecule has 3 fully saturated rings. The molecule has 2 heterocycles. The van der Waals surface area contributed by atoms with Crippen LogP contribution in [0.5, 0.6) is 0 Å². The van der Waals surface area contributed by atoms with Gasteiger partial charge in [-0.25, -0.2) is 8.42 Å². The highest BCUT2D eigenvalue weighted by Crippen LogP contribution is 2.43. The van der Waals surface area contributed by atoms with E-state index in [1.165, 1.54) is 6.42 Å². The monoisotopic (exact) mass is 391 g/mol. The van der Waals surface area contributed by atoms with Gasteiger partial charge in [0, 0.05) is 26.2 Å². The van der Waals surface area contributed by atoms with Gasteiger partial charge >= 0.3 is 0 Å². The van der Waals surface area contributed by atoms with Gasteiger partial charge in [0.05, 0.1) is 10.3 Å². The number of carbonyl (C=O) groups excluding carboxylic acids is 1. The summed E-state index contributed by atoms with van der Waals surface area (Å²) in [6.45, 7) is 3.37. The van der Waals surface area contributed by atoms with Gasteiger partial charge in [-0.1, -0.05) is 25.0 Å². The second kappa shape index (κ2) is 7.53. The van der Waals surface area contributed by atoms with Gasteiger partial charge in [0.2, 0.25) is 15.9 Å². The molecule has 0 spiro atoms. The maximum atomic E-state index is 12.9. The fraction of sp³-hybridized carbons (Fsp3) is 0.650. The van der Waals surface area contributed by atoms with Gasteiger partial charge in [-0.3, -0.25) is 4.79 Å². The summed E-state index contributed by atoms with van der Waals surface area (Å²) in [4.78, 5) is 13.3. The molecule has 7 heteroatoms. The van der Waals surface area contributed by atoms with Crippen molar-refractivity contribution in [1.29, 1.82) is 0 Å². The number of rotatable bonds is 5. The van der Waals surface area contributed by atoms with Crippen LogP contribution in [0.3, 0.4) is 0 Å². The van der Waals surface area contributed by atoms with Crippen molar-refractivity contribution >= 4 is 15.9 Å². The van der Waals surface area contributed by atoms with Crippen LogP contribution in [0, 0.1) is 11.3 Å². The first-order chi connectivity index (χ1) is 13.0. The van der Waals surface area contributed by atoms with Crippen molar-refractivity contribution in [3.8, 4) is 0 Å². The summed E-state index contributed by atoms with van der Waals surface area (Å²) in [5.74, 6) is 0.588. The zero-order chi connectivity index (χ0) is 18.9. The van der Waals surface area contributed by atoms with Gasteiger partial charge in [0.1, 0.15) is 0 Å². The van der Waals surface area contributed by atoms with Crippen LogP contribution in [-0.2, 0) is 21.4 Å². The molecule has 27 heavy (non-hydrogen) atoms. The molecule has 0 bridgehead atoms. The summed E-state index contributed by atoms with van der Waals surface area (Å²) < 4.78 is 26.7. The lowest BCUT2D eigenvalue weighted by atomic mass is 9.67. The van der Waals surface area contributed by atoms with Gasteiger partial charge in [0.15, 0.2) is 0 Å². The first-order valence-corrected chi connectivity index (χ1v) is 11.5. The quantitative estimate of drug-likeness (QED) is 0.803. The Balaban J connectivity index is 1.40. The number of nitrogens with zero attached hydrogens (tertiary/aromatic N) is 1. The van der Waals surface area contributed by atoms with Crippen molar-refractivity contribution < 1.29 is 13.2 Å². The third kappa shape index (κ3) is 3.52. The highest BCUT2D eigenvalue weighted by molar-refractivity contribution is 7.89. The smallest absolute Gasteiger partial charge is 0.243 e. The Kier molecular flexibility index (Phi) is 5.27. The molecule has 1 aliphatic carbocycles. The Morgan fingerprint density at radius 1 is 1.15 bits per heavy atom. The van der Waals surface area contributed by atoms with Gasteiger partial charge in [-0.05, 0) is 55.8 Å². The van der Waals surface area contributed by atoms with Crippen LogP contribution in [0.15, 0.2) is 29.2 Å². The lowest BCUT2D eigenvalue weighted by Crippen LogP contribution is -2.47. The number of benzene rings is 1. The lowest BCUT2D eigenvalue weighted by molar-refractivity contribution is -0.134. The highest BCUT2D eigenvalue weighted by atomic mass is 32.2. The molecule has 6 nitrogen and oxygen atoms in total. The SMILES string of the molecule is O=C(NCc1ccc(S(=O)(=O)N2CCCC2)cc1)[C@@]12CCCC[C@H]1CNC2.